The molecule has 0 aliphatic carbocycles. The molecule has 0 aliphatic rings. The Balaban J connectivity index is 2.63. The van der Waals surface area contributed by atoms with Crippen LogP contribution in [0.4, 0.5) is 13.2 Å². The van der Waals surface area contributed by atoms with E-state index >= 15 is 0 Å². The predicted molar refractivity (Wildman–Crippen MR) is 84.1 cm³/mol. The number of Topliss-reactive ketones (excluding diaryl/α,β-unsaturated/α-hetero) is 1. The van der Waals surface area contributed by atoms with Crippen LogP contribution in [-0.4, -0.2) is 20.4 Å². The van der Waals surface area contributed by atoms with Crippen LogP contribution in [-0.2, 0) is 9.84 Å². The number of halogens is 3. The van der Waals surface area contributed by atoms with Crippen molar-refractivity contribution in [3.8, 4) is 0 Å². The standard InChI is InChI=1S/C17H13F3O3S/c1-12(21)13-7-9-14(10-8-13)16(11-17(18,19)20)24(22,23)15-5-3-2-4-6-15/h2-11H,1H3/b16-11+. The van der Waals surface area contributed by atoms with Gasteiger partial charge in [0.1, 0.15) is 0 Å². The first-order valence-electron chi connectivity index (χ1n) is 6.82. The molecule has 0 saturated carbocycles. The van der Waals surface area contributed by atoms with Gasteiger partial charge < -0.3 is 0 Å². The molecule has 24 heavy (non-hydrogen) atoms. The summed E-state index contributed by atoms with van der Waals surface area (Å²) >= 11 is 0. The van der Waals surface area contributed by atoms with Crippen LogP contribution in [0.15, 0.2) is 65.6 Å². The van der Waals surface area contributed by atoms with E-state index in [0.29, 0.717) is 0 Å². The topological polar surface area (TPSA) is 51.2 Å². The van der Waals surface area contributed by atoms with Crippen molar-refractivity contribution < 1.29 is 26.4 Å². The van der Waals surface area contributed by atoms with Crippen LogP contribution in [0.2, 0.25) is 0 Å². The fourth-order valence-electron chi connectivity index (χ4n) is 2.06. The molecular formula is C17H13F3O3S. The zero-order valence-electron chi connectivity index (χ0n) is 12.5. The van der Waals surface area contributed by atoms with Crippen LogP contribution >= 0.6 is 0 Å². The van der Waals surface area contributed by atoms with Gasteiger partial charge in [-0.1, -0.05) is 42.5 Å². The summed E-state index contributed by atoms with van der Waals surface area (Å²) in [4.78, 5) is 10.2. The number of hydrogen-bond donors (Lipinski definition) is 0. The Morgan fingerprint density at radius 2 is 1.42 bits per heavy atom. The number of carbonyl (C=O) groups excluding carboxylic acids is 1. The molecule has 0 radical (unpaired) electrons. The van der Waals surface area contributed by atoms with Crippen LogP contribution in [0.3, 0.4) is 0 Å². The first-order chi connectivity index (χ1) is 11.1. The Morgan fingerprint density at radius 3 is 1.88 bits per heavy atom. The van der Waals surface area contributed by atoms with E-state index < -0.39 is 20.9 Å². The van der Waals surface area contributed by atoms with Crippen molar-refractivity contribution in [1.82, 2.24) is 0 Å². The third-order valence-electron chi connectivity index (χ3n) is 3.21. The quantitative estimate of drug-likeness (QED) is 0.771. The van der Waals surface area contributed by atoms with E-state index in [-0.39, 0.29) is 27.9 Å². The summed E-state index contributed by atoms with van der Waals surface area (Å²) in [6, 6.07) is 11.8. The van der Waals surface area contributed by atoms with Crippen molar-refractivity contribution in [2.45, 2.75) is 18.0 Å². The summed E-state index contributed by atoms with van der Waals surface area (Å²) < 4.78 is 63.7. The Bertz CT molecular complexity index is 866. The number of ketones is 1. The van der Waals surface area contributed by atoms with Crippen LogP contribution in [0.1, 0.15) is 22.8 Å². The highest BCUT2D eigenvalue weighted by Gasteiger charge is 2.31. The SMILES string of the molecule is CC(=O)c1ccc(/C(=C\C(F)(F)F)S(=O)(=O)c2ccccc2)cc1. The Hall–Kier alpha value is -2.41. The van der Waals surface area contributed by atoms with Crippen molar-refractivity contribution in [3.63, 3.8) is 0 Å². The van der Waals surface area contributed by atoms with Gasteiger partial charge in [-0.05, 0) is 24.6 Å². The van der Waals surface area contributed by atoms with Gasteiger partial charge in [-0.3, -0.25) is 4.79 Å². The number of sulfone groups is 1. The number of benzene rings is 2. The highest BCUT2D eigenvalue weighted by Crippen LogP contribution is 2.32. The largest absolute Gasteiger partial charge is 0.411 e. The van der Waals surface area contributed by atoms with Crippen LogP contribution in [0, 0.1) is 0 Å². The maximum absolute atomic E-state index is 12.8. The molecule has 126 valence electrons. The fourth-order valence-corrected chi connectivity index (χ4v) is 3.57. The first-order valence-corrected chi connectivity index (χ1v) is 8.31. The lowest BCUT2D eigenvalue weighted by Gasteiger charge is -2.12. The van der Waals surface area contributed by atoms with Gasteiger partial charge in [-0.2, -0.15) is 13.2 Å². The normalized spacial score (nSPS) is 12.9. The summed E-state index contributed by atoms with van der Waals surface area (Å²) in [7, 11) is -4.36. The highest BCUT2D eigenvalue weighted by molar-refractivity contribution is 8.00. The number of allylic oxidation sites excluding steroid dienone is 1. The lowest BCUT2D eigenvalue weighted by Crippen LogP contribution is -2.10. The summed E-state index contributed by atoms with van der Waals surface area (Å²) in [5, 5.41) is 0. The Labute approximate surface area is 137 Å². The van der Waals surface area contributed by atoms with Gasteiger partial charge in [0.25, 0.3) is 0 Å². The molecule has 2 rings (SSSR count). The predicted octanol–water partition coefficient (Wildman–Crippen LogP) is 4.27. The molecule has 0 bridgehead atoms. The Morgan fingerprint density at radius 1 is 0.917 bits per heavy atom. The minimum absolute atomic E-state index is 0.138. The molecule has 0 heterocycles. The summed E-state index contributed by atoms with van der Waals surface area (Å²) in [6.07, 6.45) is -5.05. The van der Waals surface area contributed by atoms with Gasteiger partial charge in [-0.25, -0.2) is 8.42 Å². The number of carbonyl (C=O) groups is 1. The third kappa shape index (κ3) is 4.11. The molecule has 0 unspecified atom stereocenters. The summed E-state index contributed by atoms with van der Waals surface area (Å²) in [6.45, 7) is 1.31. The van der Waals surface area contributed by atoms with Gasteiger partial charge in [0.2, 0.25) is 9.84 Å². The van der Waals surface area contributed by atoms with Gasteiger partial charge in [-0.15, -0.1) is 0 Å². The average Bonchev–Trinajstić information content (AvgIpc) is 2.52. The Kier molecular flexibility index (Phi) is 4.94. The van der Waals surface area contributed by atoms with Gasteiger partial charge in [0.05, 0.1) is 9.80 Å². The van der Waals surface area contributed by atoms with Crippen LogP contribution < -0.4 is 0 Å². The zero-order valence-corrected chi connectivity index (χ0v) is 13.4. The molecule has 0 saturated heterocycles. The molecular weight excluding hydrogens is 341 g/mol. The van der Waals surface area contributed by atoms with Gasteiger partial charge in [0, 0.05) is 11.6 Å². The zero-order chi connectivity index (χ0) is 18.0. The maximum Gasteiger partial charge on any atom is 0.411 e. The van der Waals surface area contributed by atoms with E-state index in [0.717, 1.165) is 0 Å². The molecule has 0 atom stereocenters. The van der Waals surface area contributed by atoms with Crippen molar-refractivity contribution in [1.29, 1.82) is 0 Å². The van der Waals surface area contributed by atoms with Gasteiger partial charge in [0.15, 0.2) is 5.78 Å². The van der Waals surface area contributed by atoms with Crippen molar-refractivity contribution in [2.24, 2.45) is 0 Å². The summed E-state index contributed by atoms with van der Waals surface area (Å²) in [5.74, 6) is -0.270. The van der Waals surface area contributed by atoms with Gasteiger partial charge >= 0.3 is 6.18 Å². The second-order valence-corrected chi connectivity index (χ2v) is 6.92. The first kappa shape index (κ1) is 17.9. The van der Waals surface area contributed by atoms with Crippen LogP contribution in [0.25, 0.3) is 4.91 Å². The molecule has 0 spiro atoms. The minimum Gasteiger partial charge on any atom is -0.295 e. The lowest BCUT2D eigenvalue weighted by molar-refractivity contribution is -0.0792. The molecule has 7 heteroatoms. The van der Waals surface area contributed by atoms with Crippen molar-refractivity contribution in [2.75, 3.05) is 0 Å². The smallest absolute Gasteiger partial charge is 0.295 e. The highest BCUT2D eigenvalue weighted by atomic mass is 32.2. The molecule has 3 nitrogen and oxygen atoms in total. The van der Waals surface area contributed by atoms with E-state index in [1.165, 1.54) is 55.5 Å². The molecule has 2 aromatic carbocycles. The molecule has 0 N–H and O–H groups in total. The van der Waals surface area contributed by atoms with Crippen molar-refractivity contribution >= 4 is 20.5 Å². The van der Waals surface area contributed by atoms with Crippen molar-refractivity contribution in [3.05, 3.63) is 71.8 Å². The molecule has 0 aromatic heterocycles. The number of alkyl halides is 3. The van der Waals surface area contributed by atoms with E-state index in [2.05, 4.69) is 0 Å². The third-order valence-corrected chi connectivity index (χ3v) is 5.04. The number of hydrogen-bond acceptors (Lipinski definition) is 3. The average molecular weight is 354 g/mol. The van der Waals surface area contributed by atoms with E-state index in [4.69, 9.17) is 0 Å². The summed E-state index contributed by atoms with van der Waals surface area (Å²) in [5.41, 5.74) is 0.142. The van der Waals surface area contributed by atoms with E-state index in [1.54, 1.807) is 6.07 Å². The maximum atomic E-state index is 12.8. The number of rotatable bonds is 4. The molecule has 2 aromatic rings. The molecule has 0 fully saturated rings. The van der Waals surface area contributed by atoms with E-state index in [9.17, 15) is 26.4 Å². The fraction of sp³-hybridized carbons (Fsp3) is 0.118. The molecule has 0 aliphatic heterocycles. The minimum atomic E-state index is -4.81. The second-order valence-electron chi connectivity index (χ2n) is 5.00. The monoisotopic (exact) mass is 354 g/mol. The van der Waals surface area contributed by atoms with E-state index in [1.807, 2.05) is 0 Å². The second kappa shape index (κ2) is 6.60. The van der Waals surface area contributed by atoms with Crippen LogP contribution in [0.5, 0.6) is 0 Å². The molecule has 0 amide bonds. The lowest BCUT2D eigenvalue weighted by atomic mass is 10.1.